The van der Waals surface area contributed by atoms with Crippen molar-refractivity contribution in [2.45, 2.75) is 44.9 Å². The summed E-state index contributed by atoms with van der Waals surface area (Å²) in [6, 6.07) is 6.17. The monoisotopic (exact) mass is 459 g/mol. The van der Waals surface area contributed by atoms with E-state index in [0.29, 0.717) is 0 Å². The van der Waals surface area contributed by atoms with Crippen LogP contribution >= 0.6 is 11.8 Å². The molecule has 0 aliphatic heterocycles. The van der Waals surface area contributed by atoms with E-state index >= 15 is 0 Å². The zero-order chi connectivity index (χ0) is 23.3. The quantitative estimate of drug-likeness (QED) is 0.343. The van der Waals surface area contributed by atoms with E-state index in [4.69, 9.17) is 13.9 Å². The average molecular weight is 460 g/mol. The van der Waals surface area contributed by atoms with Crippen LogP contribution in [0.2, 0.25) is 0 Å². The molecule has 170 valence electrons. The van der Waals surface area contributed by atoms with Crippen LogP contribution in [0, 0.1) is 6.92 Å². The Morgan fingerprint density at radius 3 is 2.56 bits per heavy atom. The number of ketones is 1. The Balaban J connectivity index is 1.55. The Labute approximate surface area is 190 Å². The molecule has 1 N–H and O–H groups in total. The van der Waals surface area contributed by atoms with Gasteiger partial charge in [-0.1, -0.05) is 6.07 Å². The van der Waals surface area contributed by atoms with E-state index in [2.05, 4.69) is 17.4 Å². The van der Waals surface area contributed by atoms with E-state index in [1.54, 1.807) is 6.92 Å². The number of ether oxygens (including phenoxy) is 2. The lowest BCUT2D eigenvalue weighted by atomic mass is 10.1. The number of hydrogen-bond donors (Lipinski definition) is 1. The van der Waals surface area contributed by atoms with Gasteiger partial charge in [0.05, 0.1) is 17.9 Å². The zero-order valence-corrected chi connectivity index (χ0v) is 19.1. The molecule has 2 aromatic rings. The molecule has 0 radical (unpaired) electrons. The van der Waals surface area contributed by atoms with Crippen molar-refractivity contribution in [3.63, 3.8) is 0 Å². The van der Waals surface area contributed by atoms with Crippen LogP contribution in [0.1, 0.15) is 57.9 Å². The minimum absolute atomic E-state index is 0.0430. The van der Waals surface area contributed by atoms with Crippen molar-refractivity contribution in [2.75, 3.05) is 24.3 Å². The summed E-state index contributed by atoms with van der Waals surface area (Å²) in [6.07, 6.45) is 3.31. The second-order valence-electron chi connectivity index (χ2n) is 7.30. The summed E-state index contributed by atoms with van der Waals surface area (Å²) in [5.74, 6) is -2.39. The molecular formula is C23H25NO7S. The number of carbonyl (C=O) groups excluding carboxylic acids is 4. The largest absolute Gasteiger partial charge is 0.462 e. The van der Waals surface area contributed by atoms with Gasteiger partial charge in [-0.3, -0.25) is 19.7 Å². The molecule has 0 atom stereocenters. The van der Waals surface area contributed by atoms with Crippen LogP contribution in [0.5, 0.6) is 0 Å². The number of Topliss-reactive ketones (excluding diaryl/α,β-unsaturated/α-hetero) is 1. The predicted molar refractivity (Wildman–Crippen MR) is 118 cm³/mol. The fourth-order valence-corrected chi connectivity index (χ4v) is 4.34. The second-order valence-corrected chi connectivity index (χ2v) is 8.34. The van der Waals surface area contributed by atoms with E-state index in [0.717, 1.165) is 24.2 Å². The molecule has 1 amide bonds. The van der Waals surface area contributed by atoms with Crippen molar-refractivity contribution in [3.05, 3.63) is 46.2 Å². The van der Waals surface area contributed by atoms with Crippen molar-refractivity contribution < 1.29 is 33.1 Å². The number of fused-ring (bicyclic) bond motifs is 1. The van der Waals surface area contributed by atoms with Crippen molar-refractivity contribution >= 4 is 41.3 Å². The van der Waals surface area contributed by atoms with Crippen LogP contribution in [0.15, 0.2) is 27.5 Å². The lowest BCUT2D eigenvalue weighted by Crippen LogP contribution is -2.23. The summed E-state index contributed by atoms with van der Waals surface area (Å²) in [7, 11) is 0. The van der Waals surface area contributed by atoms with E-state index in [1.807, 2.05) is 6.07 Å². The maximum Gasteiger partial charge on any atom is 0.344 e. The van der Waals surface area contributed by atoms with Gasteiger partial charge in [-0.2, -0.15) is 0 Å². The standard InChI is InChI=1S/C23H25NO7S/c1-4-29-23(28)21-20(13(2)25)14(3)31-22(21)24-18(26)11-30-19(27)12-32-17-9-8-15-6-5-7-16(15)10-17/h8-10H,4-7,11-12H2,1-3H3,(H,24,26). The highest BCUT2D eigenvalue weighted by Crippen LogP contribution is 2.29. The van der Waals surface area contributed by atoms with Crippen LogP contribution in [-0.4, -0.2) is 42.6 Å². The van der Waals surface area contributed by atoms with Gasteiger partial charge in [-0.25, -0.2) is 4.79 Å². The molecule has 0 unspecified atom stereocenters. The molecule has 9 heteroatoms. The third-order valence-corrected chi connectivity index (χ3v) is 5.93. The molecule has 0 saturated heterocycles. The Morgan fingerprint density at radius 2 is 1.84 bits per heavy atom. The number of nitrogens with one attached hydrogen (secondary N) is 1. The highest BCUT2D eigenvalue weighted by atomic mass is 32.2. The van der Waals surface area contributed by atoms with Crippen LogP contribution in [-0.2, 0) is 31.9 Å². The van der Waals surface area contributed by atoms with Gasteiger partial charge in [0.1, 0.15) is 11.3 Å². The SMILES string of the molecule is CCOC(=O)c1c(NC(=O)COC(=O)CSc2ccc3c(c2)CCC3)oc(C)c1C(C)=O. The van der Waals surface area contributed by atoms with Crippen molar-refractivity contribution in [1.29, 1.82) is 0 Å². The fourth-order valence-electron chi connectivity index (χ4n) is 3.59. The number of amides is 1. The van der Waals surface area contributed by atoms with Crippen LogP contribution < -0.4 is 5.32 Å². The van der Waals surface area contributed by atoms with Gasteiger partial charge in [-0.05, 0) is 63.3 Å². The number of hydrogen-bond acceptors (Lipinski definition) is 8. The van der Waals surface area contributed by atoms with Crippen molar-refractivity contribution in [1.82, 2.24) is 0 Å². The van der Waals surface area contributed by atoms with Gasteiger partial charge in [0.15, 0.2) is 12.4 Å². The number of anilines is 1. The Bertz CT molecular complexity index is 1060. The van der Waals surface area contributed by atoms with Crippen LogP contribution in [0.4, 0.5) is 5.88 Å². The minimum atomic E-state index is -0.785. The van der Waals surface area contributed by atoms with E-state index < -0.39 is 30.2 Å². The molecule has 32 heavy (non-hydrogen) atoms. The second kappa shape index (κ2) is 10.5. The number of thioether (sulfide) groups is 1. The molecular weight excluding hydrogens is 434 g/mol. The third kappa shape index (κ3) is 5.59. The minimum Gasteiger partial charge on any atom is -0.462 e. The summed E-state index contributed by atoms with van der Waals surface area (Å²) >= 11 is 1.35. The molecule has 1 aromatic carbocycles. The number of aryl methyl sites for hydroxylation is 3. The fraction of sp³-hybridized carbons (Fsp3) is 0.391. The van der Waals surface area contributed by atoms with Crippen LogP contribution in [0.3, 0.4) is 0 Å². The molecule has 0 bridgehead atoms. The van der Waals surface area contributed by atoms with Crippen LogP contribution in [0.25, 0.3) is 0 Å². The first-order chi connectivity index (χ1) is 15.3. The highest BCUT2D eigenvalue weighted by molar-refractivity contribution is 8.00. The molecule has 8 nitrogen and oxygen atoms in total. The van der Waals surface area contributed by atoms with E-state index in [1.165, 1.54) is 36.7 Å². The Kier molecular flexibility index (Phi) is 7.74. The summed E-state index contributed by atoms with van der Waals surface area (Å²) in [5, 5.41) is 2.38. The average Bonchev–Trinajstić information content (AvgIpc) is 3.34. The predicted octanol–water partition coefficient (Wildman–Crippen LogP) is 3.73. The third-order valence-electron chi connectivity index (χ3n) is 4.96. The van der Waals surface area contributed by atoms with Gasteiger partial charge in [0.25, 0.3) is 5.91 Å². The number of rotatable bonds is 9. The smallest absolute Gasteiger partial charge is 0.344 e. The number of furan rings is 1. The van der Waals surface area contributed by atoms with Crippen molar-refractivity contribution in [2.24, 2.45) is 0 Å². The van der Waals surface area contributed by atoms with Gasteiger partial charge in [0.2, 0.25) is 5.88 Å². The zero-order valence-electron chi connectivity index (χ0n) is 18.2. The summed E-state index contributed by atoms with van der Waals surface area (Å²) in [6.45, 7) is 3.95. The first-order valence-electron chi connectivity index (χ1n) is 10.3. The lowest BCUT2D eigenvalue weighted by molar-refractivity contribution is -0.144. The van der Waals surface area contributed by atoms with Gasteiger partial charge >= 0.3 is 11.9 Å². The lowest BCUT2D eigenvalue weighted by Gasteiger charge is -2.08. The molecule has 0 saturated carbocycles. The Morgan fingerprint density at radius 1 is 1.09 bits per heavy atom. The van der Waals surface area contributed by atoms with Gasteiger partial charge < -0.3 is 13.9 Å². The van der Waals surface area contributed by atoms with Gasteiger partial charge in [-0.15, -0.1) is 11.8 Å². The topological polar surface area (TPSA) is 112 Å². The number of esters is 2. The molecule has 1 aliphatic carbocycles. The first kappa shape index (κ1) is 23.6. The summed E-state index contributed by atoms with van der Waals surface area (Å²) in [5.41, 5.74) is 2.57. The molecule has 0 spiro atoms. The number of carbonyl (C=O) groups is 4. The molecule has 1 heterocycles. The highest BCUT2D eigenvalue weighted by Gasteiger charge is 2.28. The molecule has 0 fully saturated rings. The first-order valence-corrected chi connectivity index (χ1v) is 11.3. The Hall–Kier alpha value is -3.07. The van der Waals surface area contributed by atoms with Gasteiger partial charge in [0, 0.05) is 4.90 Å². The normalized spacial score (nSPS) is 12.2. The van der Waals surface area contributed by atoms with Crippen molar-refractivity contribution in [3.8, 4) is 0 Å². The van der Waals surface area contributed by atoms with E-state index in [-0.39, 0.29) is 35.1 Å². The maximum atomic E-state index is 12.3. The summed E-state index contributed by atoms with van der Waals surface area (Å²) < 4.78 is 15.4. The molecule has 1 aliphatic rings. The maximum absolute atomic E-state index is 12.3. The van der Waals surface area contributed by atoms with E-state index in [9.17, 15) is 19.2 Å². The molecule has 3 rings (SSSR count). The molecule has 1 aromatic heterocycles. The number of benzene rings is 1. The summed E-state index contributed by atoms with van der Waals surface area (Å²) in [4.78, 5) is 49.5.